The summed E-state index contributed by atoms with van der Waals surface area (Å²) in [5.74, 6) is 0. The zero-order chi connectivity index (χ0) is 10.8. The van der Waals surface area contributed by atoms with Gasteiger partial charge < -0.3 is 25.5 Å². The van der Waals surface area contributed by atoms with E-state index in [-0.39, 0.29) is 6.61 Å². The molecule has 0 bridgehead atoms. The molecule has 0 aromatic heterocycles. The van der Waals surface area contributed by atoms with Crippen LogP contribution in [0.1, 0.15) is 0 Å². The summed E-state index contributed by atoms with van der Waals surface area (Å²) in [6.07, 6.45) is 0.818. The minimum atomic E-state index is -1.10. The van der Waals surface area contributed by atoms with Crippen LogP contribution in [0, 0.1) is 0 Å². The van der Waals surface area contributed by atoms with Crippen LogP contribution in [0.4, 0.5) is 0 Å². The SMILES string of the molecule is OC[C@H]1O[C@@H](N2C=NC=CN2)[C@H](O)[C@@H]1O. The first-order valence-electron chi connectivity index (χ1n) is 4.59. The lowest BCUT2D eigenvalue weighted by atomic mass is 10.1. The van der Waals surface area contributed by atoms with Crippen LogP contribution in [0.5, 0.6) is 0 Å². The van der Waals surface area contributed by atoms with Crippen molar-refractivity contribution in [3.8, 4) is 0 Å². The summed E-state index contributed by atoms with van der Waals surface area (Å²) in [6, 6.07) is 0. The Morgan fingerprint density at radius 1 is 1.40 bits per heavy atom. The molecule has 7 nitrogen and oxygen atoms in total. The lowest BCUT2D eigenvalue weighted by Crippen LogP contribution is -2.49. The van der Waals surface area contributed by atoms with Gasteiger partial charge in [0.2, 0.25) is 0 Å². The number of hydrogen-bond donors (Lipinski definition) is 4. The number of aliphatic hydroxyl groups is 3. The Kier molecular flexibility index (Phi) is 2.87. The number of hydrogen-bond acceptors (Lipinski definition) is 7. The van der Waals surface area contributed by atoms with Gasteiger partial charge in [-0.3, -0.25) is 0 Å². The molecule has 2 aliphatic rings. The summed E-state index contributed by atoms with van der Waals surface area (Å²) >= 11 is 0. The quantitative estimate of drug-likeness (QED) is 0.415. The van der Waals surface area contributed by atoms with E-state index in [0.29, 0.717) is 0 Å². The maximum atomic E-state index is 9.66. The van der Waals surface area contributed by atoms with Crippen LogP contribution in [0.2, 0.25) is 0 Å². The van der Waals surface area contributed by atoms with Gasteiger partial charge in [-0.1, -0.05) is 0 Å². The van der Waals surface area contributed by atoms with Crippen LogP contribution in [0.3, 0.4) is 0 Å². The van der Waals surface area contributed by atoms with Crippen molar-refractivity contribution in [3.05, 3.63) is 12.4 Å². The van der Waals surface area contributed by atoms with Gasteiger partial charge in [0.05, 0.1) is 6.61 Å². The normalized spacial score (nSPS) is 39.5. The van der Waals surface area contributed by atoms with Gasteiger partial charge in [-0.15, -0.1) is 0 Å². The molecule has 0 amide bonds. The minimum absolute atomic E-state index is 0.338. The first-order valence-corrected chi connectivity index (χ1v) is 4.59. The van der Waals surface area contributed by atoms with E-state index in [4.69, 9.17) is 9.84 Å². The second kappa shape index (κ2) is 4.15. The molecule has 0 radical (unpaired) electrons. The van der Waals surface area contributed by atoms with E-state index in [1.165, 1.54) is 17.5 Å². The molecule has 1 saturated heterocycles. The predicted octanol–water partition coefficient (Wildman–Crippen LogP) is -2.25. The molecule has 1 fully saturated rings. The highest BCUT2D eigenvalue weighted by atomic mass is 16.6. The Hall–Kier alpha value is -1.15. The van der Waals surface area contributed by atoms with Gasteiger partial charge >= 0.3 is 0 Å². The van der Waals surface area contributed by atoms with Gasteiger partial charge in [0.15, 0.2) is 6.23 Å². The Balaban J connectivity index is 2.04. The minimum Gasteiger partial charge on any atom is -0.394 e. The number of rotatable bonds is 2. The van der Waals surface area contributed by atoms with Gasteiger partial charge in [-0.05, 0) is 0 Å². The van der Waals surface area contributed by atoms with E-state index in [9.17, 15) is 10.2 Å². The summed E-state index contributed by atoms with van der Waals surface area (Å²) in [4.78, 5) is 3.84. The zero-order valence-electron chi connectivity index (χ0n) is 7.89. The number of aliphatic imine (C=N–C) groups is 1. The summed E-state index contributed by atoms with van der Waals surface area (Å²) in [5, 5.41) is 29.5. The van der Waals surface area contributed by atoms with Gasteiger partial charge in [0.25, 0.3) is 0 Å². The molecule has 7 heteroatoms. The van der Waals surface area contributed by atoms with Crippen molar-refractivity contribution in [3.63, 3.8) is 0 Å². The summed E-state index contributed by atoms with van der Waals surface area (Å²) in [7, 11) is 0. The van der Waals surface area contributed by atoms with Crippen LogP contribution in [0.25, 0.3) is 0 Å². The highest BCUT2D eigenvalue weighted by molar-refractivity contribution is 5.56. The molecule has 2 aliphatic heterocycles. The van der Waals surface area contributed by atoms with Gasteiger partial charge in [-0.2, -0.15) is 0 Å². The summed E-state index contributed by atoms with van der Waals surface area (Å²) in [5.41, 5.74) is 2.78. The Labute approximate surface area is 86.3 Å². The lowest BCUT2D eigenvalue weighted by Gasteiger charge is -2.28. The maximum Gasteiger partial charge on any atom is 0.178 e. The number of hydrazine groups is 1. The van der Waals surface area contributed by atoms with Gasteiger partial charge in [0.1, 0.15) is 24.7 Å². The Morgan fingerprint density at radius 2 is 2.20 bits per heavy atom. The summed E-state index contributed by atoms with van der Waals surface area (Å²) < 4.78 is 5.26. The molecule has 0 aromatic carbocycles. The second-order valence-electron chi connectivity index (χ2n) is 3.35. The van der Waals surface area contributed by atoms with Crippen LogP contribution in [0.15, 0.2) is 17.4 Å². The fourth-order valence-electron chi connectivity index (χ4n) is 1.56. The van der Waals surface area contributed by atoms with Gasteiger partial charge in [0, 0.05) is 12.4 Å². The average molecular weight is 215 g/mol. The standard InChI is InChI=1S/C8H13N3O4/c12-3-5-6(13)7(14)8(15-5)11-4-9-1-2-10-11/h1-2,4-8,10,12-14H,3H2/t5-,6-,7-,8-/m1/s1. The molecule has 84 valence electrons. The first-order chi connectivity index (χ1) is 7.24. The zero-order valence-corrected chi connectivity index (χ0v) is 7.89. The first kappa shape index (κ1) is 10.4. The van der Waals surface area contributed by atoms with Crippen molar-refractivity contribution in [1.29, 1.82) is 0 Å². The fraction of sp³-hybridized carbons (Fsp3) is 0.625. The molecule has 0 spiro atoms. The largest absolute Gasteiger partial charge is 0.394 e. The molecule has 4 N–H and O–H groups in total. The molecule has 0 aromatic rings. The molecule has 15 heavy (non-hydrogen) atoms. The molecule has 4 atom stereocenters. The molecule has 2 heterocycles. The molecule has 0 aliphatic carbocycles. The number of aliphatic hydroxyl groups excluding tert-OH is 3. The molecule has 0 saturated carbocycles. The van der Waals surface area contributed by atoms with Crippen LogP contribution < -0.4 is 5.43 Å². The van der Waals surface area contributed by atoms with Crippen molar-refractivity contribution in [1.82, 2.24) is 10.4 Å². The highest BCUT2D eigenvalue weighted by Gasteiger charge is 2.45. The third-order valence-electron chi connectivity index (χ3n) is 2.37. The topological polar surface area (TPSA) is 97.6 Å². The number of nitrogens with zero attached hydrogens (tertiary/aromatic N) is 2. The van der Waals surface area contributed by atoms with Crippen molar-refractivity contribution in [2.45, 2.75) is 24.5 Å². The smallest absolute Gasteiger partial charge is 0.178 e. The van der Waals surface area contributed by atoms with Crippen molar-refractivity contribution in [2.24, 2.45) is 4.99 Å². The fourth-order valence-corrected chi connectivity index (χ4v) is 1.56. The van der Waals surface area contributed by atoms with E-state index in [0.717, 1.165) is 0 Å². The summed E-state index contributed by atoms with van der Waals surface area (Å²) in [6.45, 7) is -0.338. The van der Waals surface area contributed by atoms with E-state index >= 15 is 0 Å². The van der Waals surface area contributed by atoms with Crippen molar-refractivity contribution in [2.75, 3.05) is 6.61 Å². The van der Waals surface area contributed by atoms with Crippen molar-refractivity contribution >= 4 is 6.34 Å². The third-order valence-corrected chi connectivity index (χ3v) is 2.37. The second-order valence-corrected chi connectivity index (χ2v) is 3.35. The van der Waals surface area contributed by atoms with E-state index in [1.807, 2.05) is 0 Å². The number of ether oxygens (including phenoxy) is 1. The average Bonchev–Trinajstić information content (AvgIpc) is 2.57. The Morgan fingerprint density at radius 3 is 2.73 bits per heavy atom. The van der Waals surface area contributed by atoms with E-state index in [1.54, 1.807) is 6.20 Å². The maximum absolute atomic E-state index is 9.66. The van der Waals surface area contributed by atoms with Crippen molar-refractivity contribution < 1.29 is 20.1 Å². The molecule has 2 rings (SSSR count). The van der Waals surface area contributed by atoms with E-state index in [2.05, 4.69) is 10.4 Å². The van der Waals surface area contributed by atoms with Crippen LogP contribution >= 0.6 is 0 Å². The molecule has 0 unspecified atom stereocenters. The lowest BCUT2D eigenvalue weighted by molar-refractivity contribution is -0.0805. The predicted molar refractivity (Wildman–Crippen MR) is 50.4 cm³/mol. The monoisotopic (exact) mass is 215 g/mol. The van der Waals surface area contributed by atoms with Crippen LogP contribution in [-0.4, -0.2) is 57.8 Å². The van der Waals surface area contributed by atoms with Crippen LogP contribution in [-0.2, 0) is 4.74 Å². The Bertz CT molecular complexity index is 283. The number of nitrogens with one attached hydrogen (secondary N) is 1. The molecular formula is C8H13N3O4. The van der Waals surface area contributed by atoms with E-state index < -0.39 is 24.5 Å². The third kappa shape index (κ3) is 1.82. The highest BCUT2D eigenvalue weighted by Crippen LogP contribution is 2.22. The molecular weight excluding hydrogens is 202 g/mol. The van der Waals surface area contributed by atoms with Gasteiger partial charge in [-0.25, -0.2) is 10.0 Å².